The first-order chi connectivity index (χ1) is 17.3. The molecule has 3 aliphatic heterocycles. The van der Waals surface area contributed by atoms with Gasteiger partial charge in [0.15, 0.2) is 0 Å². The molecule has 3 heterocycles. The van der Waals surface area contributed by atoms with Crippen LogP contribution in [0.15, 0.2) is 30.3 Å². The molecule has 3 N–H and O–H groups in total. The van der Waals surface area contributed by atoms with Gasteiger partial charge in [0.05, 0.1) is 17.4 Å². The monoisotopic (exact) mass is 499 g/mol. The molecular weight excluding hydrogens is 458 g/mol. The number of rotatable bonds is 12. The Labute approximate surface area is 214 Å². The van der Waals surface area contributed by atoms with E-state index >= 15 is 0 Å². The van der Waals surface area contributed by atoms with E-state index in [0.717, 1.165) is 38.5 Å². The highest BCUT2D eigenvalue weighted by Gasteiger charge is 2.77. The predicted octanol–water partition coefficient (Wildman–Crippen LogP) is 3.25. The highest BCUT2D eigenvalue weighted by molar-refractivity contribution is 6.02. The van der Waals surface area contributed by atoms with E-state index < -0.39 is 29.1 Å². The first kappa shape index (κ1) is 26.6. The van der Waals surface area contributed by atoms with E-state index in [9.17, 15) is 14.4 Å². The van der Waals surface area contributed by atoms with Crippen molar-refractivity contribution in [1.82, 2.24) is 10.2 Å². The zero-order chi connectivity index (χ0) is 25.9. The maximum atomic E-state index is 14.0. The van der Waals surface area contributed by atoms with Gasteiger partial charge in [-0.2, -0.15) is 0 Å². The minimum atomic E-state index is -0.994. The van der Waals surface area contributed by atoms with Crippen LogP contribution in [0.5, 0.6) is 0 Å². The average Bonchev–Trinajstić information content (AvgIpc) is 3.40. The molecule has 198 valence electrons. The lowest BCUT2D eigenvalue weighted by atomic mass is 9.66. The summed E-state index contributed by atoms with van der Waals surface area (Å²) in [4.78, 5) is 42.9. The molecule has 4 rings (SSSR count). The van der Waals surface area contributed by atoms with Crippen LogP contribution in [0.25, 0.3) is 0 Å². The predicted molar refractivity (Wildman–Crippen MR) is 137 cm³/mol. The number of hydrogen-bond acceptors (Lipinski definition) is 5. The molecular formula is C28H41N3O5. The van der Waals surface area contributed by atoms with Crippen LogP contribution in [-0.2, 0) is 19.1 Å². The number of aliphatic hydroxyl groups is 1. The van der Waals surface area contributed by atoms with Gasteiger partial charge in [-0.3, -0.25) is 14.4 Å². The molecule has 3 aliphatic rings. The number of unbranched alkanes of at least 4 members (excludes halogenated alkanes) is 3. The molecule has 6 atom stereocenters. The second kappa shape index (κ2) is 10.9. The van der Waals surface area contributed by atoms with Gasteiger partial charge in [0.2, 0.25) is 17.7 Å². The summed E-state index contributed by atoms with van der Waals surface area (Å²) in [5, 5.41) is 15.2. The van der Waals surface area contributed by atoms with Crippen LogP contribution in [0, 0.1) is 11.8 Å². The lowest BCUT2D eigenvalue weighted by Gasteiger charge is -2.34. The Balaban J connectivity index is 1.62. The SMILES string of the molecule is CCCC(C)NC(=O)C1N(CCCCCCO)C(=O)[C@@H]2[C@@H](C(=O)Nc3ccccc3)[C@@]3(C)CCC12O3. The molecule has 1 aromatic rings. The van der Waals surface area contributed by atoms with Crippen LogP contribution in [0.4, 0.5) is 5.69 Å². The third kappa shape index (κ3) is 4.77. The van der Waals surface area contributed by atoms with Crippen molar-refractivity contribution in [2.45, 2.75) is 95.4 Å². The number of fused-ring (bicyclic) bond motifs is 1. The standard InChI is InChI=1S/C28H41N3O5/c1-4-12-19(2)29-25(34)23-28-16-15-27(3,36-28)21(24(33)30-20-13-8-7-9-14-20)22(28)26(35)31(23)17-10-5-6-11-18-32/h7-9,13-14,19,21-23,32H,4-6,10-12,15-18H2,1-3H3,(H,29,34)(H,30,33)/t19?,21-,22-,23?,27+,28?/m0/s1. The molecule has 3 amide bonds. The highest BCUT2D eigenvalue weighted by Crippen LogP contribution is 2.63. The molecule has 2 bridgehead atoms. The number of nitrogens with one attached hydrogen (secondary N) is 2. The first-order valence-corrected chi connectivity index (χ1v) is 13.5. The lowest BCUT2D eigenvalue weighted by molar-refractivity contribution is -0.145. The van der Waals surface area contributed by atoms with Gasteiger partial charge in [0.1, 0.15) is 11.6 Å². The summed E-state index contributed by atoms with van der Waals surface area (Å²) in [7, 11) is 0. The Hall–Kier alpha value is -2.45. The molecule has 0 aromatic heterocycles. The number of para-hydroxylation sites is 1. The fourth-order valence-corrected chi connectivity index (χ4v) is 6.68. The quantitative estimate of drug-likeness (QED) is 0.383. The molecule has 8 heteroatoms. The van der Waals surface area contributed by atoms with Gasteiger partial charge in [-0.15, -0.1) is 0 Å². The zero-order valence-corrected chi connectivity index (χ0v) is 21.8. The molecule has 3 fully saturated rings. The van der Waals surface area contributed by atoms with Gasteiger partial charge in [-0.25, -0.2) is 0 Å². The Morgan fingerprint density at radius 2 is 1.86 bits per heavy atom. The maximum Gasteiger partial charge on any atom is 0.246 e. The molecule has 8 nitrogen and oxygen atoms in total. The normalized spacial score (nSPS) is 31.4. The summed E-state index contributed by atoms with van der Waals surface area (Å²) in [6.07, 6.45) is 6.20. The van der Waals surface area contributed by atoms with E-state index in [2.05, 4.69) is 17.6 Å². The highest BCUT2D eigenvalue weighted by atomic mass is 16.5. The topological polar surface area (TPSA) is 108 Å². The van der Waals surface area contributed by atoms with Crippen LogP contribution >= 0.6 is 0 Å². The number of nitrogens with zero attached hydrogens (tertiary/aromatic N) is 1. The van der Waals surface area contributed by atoms with Gasteiger partial charge < -0.3 is 25.4 Å². The van der Waals surface area contributed by atoms with Gasteiger partial charge in [0.25, 0.3) is 0 Å². The van der Waals surface area contributed by atoms with Crippen molar-refractivity contribution in [3.63, 3.8) is 0 Å². The van der Waals surface area contributed by atoms with E-state index in [-0.39, 0.29) is 30.4 Å². The average molecular weight is 500 g/mol. The zero-order valence-electron chi connectivity index (χ0n) is 21.8. The number of anilines is 1. The number of likely N-dealkylation sites (tertiary alicyclic amines) is 1. The fourth-order valence-electron chi connectivity index (χ4n) is 6.68. The molecule has 1 aromatic carbocycles. The van der Waals surface area contributed by atoms with Crippen LogP contribution < -0.4 is 10.6 Å². The van der Waals surface area contributed by atoms with Crippen molar-refractivity contribution in [2.75, 3.05) is 18.5 Å². The van der Waals surface area contributed by atoms with Crippen LogP contribution in [0.2, 0.25) is 0 Å². The van der Waals surface area contributed by atoms with Crippen LogP contribution in [-0.4, -0.2) is 64.2 Å². The van der Waals surface area contributed by atoms with Crippen molar-refractivity contribution in [3.8, 4) is 0 Å². The minimum absolute atomic E-state index is 0.00850. The smallest absolute Gasteiger partial charge is 0.246 e. The van der Waals surface area contributed by atoms with Crippen molar-refractivity contribution >= 4 is 23.4 Å². The van der Waals surface area contributed by atoms with Crippen molar-refractivity contribution in [3.05, 3.63) is 30.3 Å². The summed E-state index contributed by atoms with van der Waals surface area (Å²) in [5.41, 5.74) is -1.11. The second-order valence-electron chi connectivity index (χ2n) is 11.0. The molecule has 0 radical (unpaired) electrons. The van der Waals surface area contributed by atoms with Gasteiger partial charge in [-0.1, -0.05) is 44.4 Å². The summed E-state index contributed by atoms with van der Waals surface area (Å²) >= 11 is 0. The maximum absolute atomic E-state index is 14.0. The van der Waals surface area contributed by atoms with Gasteiger partial charge >= 0.3 is 0 Å². The molecule has 3 saturated heterocycles. The van der Waals surface area contributed by atoms with Crippen molar-refractivity contribution in [2.24, 2.45) is 11.8 Å². The summed E-state index contributed by atoms with van der Waals surface area (Å²) < 4.78 is 6.65. The summed E-state index contributed by atoms with van der Waals surface area (Å²) in [6, 6.07) is 8.48. The summed E-state index contributed by atoms with van der Waals surface area (Å²) in [6.45, 7) is 6.57. The fraction of sp³-hybridized carbons (Fsp3) is 0.679. The molecule has 36 heavy (non-hydrogen) atoms. The Morgan fingerprint density at radius 3 is 2.56 bits per heavy atom. The lowest BCUT2D eigenvalue weighted by Crippen LogP contribution is -2.56. The van der Waals surface area contributed by atoms with Gasteiger partial charge in [0, 0.05) is 24.9 Å². The number of amides is 3. The molecule has 3 unspecified atom stereocenters. The van der Waals surface area contributed by atoms with Gasteiger partial charge in [-0.05, 0) is 58.1 Å². The third-order valence-electron chi connectivity index (χ3n) is 8.27. The molecule has 0 aliphatic carbocycles. The first-order valence-electron chi connectivity index (χ1n) is 13.5. The Morgan fingerprint density at radius 1 is 1.14 bits per heavy atom. The second-order valence-corrected chi connectivity index (χ2v) is 11.0. The number of benzene rings is 1. The number of carbonyl (C=O) groups excluding carboxylic acids is 3. The van der Waals surface area contributed by atoms with E-state index in [4.69, 9.17) is 9.84 Å². The molecule has 0 saturated carbocycles. The number of carbonyl (C=O) groups is 3. The third-order valence-corrected chi connectivity index (χ3v) is 8.27. The van der Waals surface area contributed by atoms with Crippen LogP contribution in [0.1, 0.15) is 72.1 Å². The van der Waals surface area contributed by atoms with Crippen LogP contribution in [0.3, 0.4) is 0 Å². The Bertz CT molecular complexity index is 956. The summed E-state index contributed by atoms with van der Waals surface area (Å²) in [5.74, 6) is -1.92. The van der Waals surface area contributed by atoms with E-state index in [1.807, 2.05) is 44.2 Å². The number of aliphatic hydroxyl groups excluding tert-OH is 1. The number of hydrogen-bond donors (Lipinski definition) is 3. The van der Waals surface area contributed by atoms with Crippen molar-refractivity contribution in [1.29, 1.82) is 0 Å². The van der Waals surface area contributed by atoms with Crippen molar-refractivity contribution < 1.29 is 24.2 Å². The Kier molecular flexibility index (Phi) is 8.05. The molecule has 1 spiro atoms. The number of ether oxygens (including phenoxy) is 1. The van der Waals surface area contributed by atoms with E-state index in [1.165, 1.54) is 0 Å². The largest absolute Gasteiger partial charge is 0.396 e. The van der Waals surface area contributed by atoms with E-state index in [1.54, 1.807) is 4.90 Å². The van der Waals surface area contributed by atoms with E-state index in [0.29, 0.717) is 25.1 Å². The minimum Gasteiger partial charge on any atom is -0.396 e.